The second-order valence-corrected chi connectivity index (χ2v) is 14.4. The van der Waals surface area contributed by atoms with Gasteiger partial charge in [-0.05, 0) is 64.7 Å². The molecular weight excluding hydrogens is 560 g/mol. The van der Waals surface area contributed by atoms with Gasteiger partial charge in [-0.15, -0.1) is 24.9 Å². The van der Waals surface area contributed by atoms with Crippen LogP contribution >= 0.6 is 11.8 Å². The van der Waals surface area contributed by atoms with Crippen molar-refractivity contribution in [3.63, 3.8) is 0 Å². The summed E-state index contributed by atoms with van der Waals surface area (Å²) in [5, 5.41) is 35.1. The second-order valence-electron chi connectivity index (χ2n) is 13.2. The maximum Gasteiger partial charge on any atom is 0.411 e. The molecule has 3 fully saturated rings. The van der Waals surface area contributed by atoms with Crippen LogP contribution in [0.25, 0.3) is 0 Å². The van der Waals surface area contributed by atoms with Gasteiger partial charge in [0.2, 0.25) is 5.91 Å². The normalized spacial score (nSPS) is 34.3. The highest BCUT2D eigenvalue weighted by atomic mass is 32.2. The number of amides is 2. The van der Waals surface area contributed by atoms with Gasteiger partial charge < -0.3 is 34.8 Å². The van der Waals surface area contributed by atoms with Gasteiger partial charge in [0.1, 0.15) is 41.5 Å². The van der Waals surface area contributed by atoms with E-state index in [1.54, 1.807) is 32.9 Å². The van der Waals surface area contributed by atoms with E-state index in [1.165, 1.54) is 16.7 Å². The fraction of sp³-hybridized carbons (Fsp3) is 0.806. The van der Waals surface area contributed by atoms with E-state index in [2.05, 4.69) is 32.3 Å². The minimum absolute atomic E-state index is 0.0284. The van der Waals surface area contributed by atoms with E-state index in [0.717, 1.165) is 19.3 Å². The van der Waals surface area contributed by atoms with Crippen LogP contribution in [0.3, 0.4) is 0 Å². The zero-order valence-corrected chi connectivity index (χ0v) is 26.6. The zero-order chi connectivity index (χ0) is 31.2. The molecule has 3 aliphatic rings. The minimum Gasteiger partial charge on any atom is -0.444 e. The number of nitrogens with one attached hydrogen (secondary N) is 1. The van der Waals surface area contributed by atoms with Crippen molar-refractivity contribution in [1.29, 1.82) is 0 Å². The van der Waals surface area contributed by atoms with Crippen molar-refractivity contribution in [2.45, 2.75) is 120 Å². The number of hydrogen-bond acceptors (Lipinski definition) is 9. The number of hydrogen-bond donors (Lipinski definition) is 4. The Balaban J connectivity index is 1.88. The van der Waals surface area contributed by atoms with Gasteiger partial charge in [-0.1, -0.05) is 26.0 Å². The van der Waals surface area contributed by atoms with E-state index in [0.29, 0.717) is 43.6 Å². The third-order valence-electron chi connectivity index (χ3n) is 8.11. The highest BCUT2D eigenvalue weighted by Gasteiger charge is 2.53. The van der Waals surface area contributed by atoms with E-state index in [1.807, 2.05) is 0 Å². The Labute approximate surface area is 255 Å². The summed E-state index contributed by atoms with van der Waals surface area (Å²) in [5.74, 6) is 0.970. The summed E-state index contributed by atoms with van der Waals surface area (Å²) in [6.45, 7) is 18.1. The molecule has 2 amide bonds. The van der Waals surface area contributed by atoms with E-state index in [9.17, 15) is 24.9 Å². The maximum atomic E-state index is 14.1. The van der Waals surface area contributed by atoms with Gasteiger partial charge in [0.05, 0.1) is 12.1 Å². The lowest BCUT2D eigenvalue weighted by atomic mass is 9.85. The lowest BCUT2D eigenvalue weighted by Gasteiger charge is -2.43. The largest absolute Gasteiger partial charge is 0.444 e. The first-order valence-electron chi connectivity index (χ1n) is 15.2. The number of aliphatic hydroxyl groups excluding tert-OH is 3. The summed E-state index contributed by atoms with van der Waals surface area (Å²) >= 11 is 1.25. The van der Waals surface area contributed by atoms with Crippen molar-refractivity contribution in [1.82, 2.24) is 10.2 Å². The first-order valence-corrected chi connectivity index (χ1v) is 16.3. The molecule has 3 saturated heterocycles. The number of ether oxygens (including phenoxy) is 3. The van der Waals surface area contributed by atoms with Gasteiger partial charge in [-0.25, -0.2) is 4.79 Å². The van der Waals surface area contributed by atoms with Crippen molar-refractivity contribution < 1.29 is 39.1 Å². The Morgan fingerprint density at radius 2 is 1.86 bits per heavy atom. The van der Waals surface area contributed by atoms with Crippen molar-refractivity contribution in [3.8, 4) is 0 Å². The average Bonchev–Trinajstić information content (AvgIpc) is 3.15. The predicted octanol–water partition coefficient (Wildman–Crippen LogP) is 3.24. The highest BCUT2D eigenvalue weighted by molar-refractivity contribution is 7.99. The number of rotatable bonds is 11. The Morgan fingerprint density at radius 3 is 2.48 bits per heavy atom. The van der Waals surface area contributed by atoms with Crippen molar-refractivity contribution in [2.24, 2.45) is 17.8 Å². The molecule has 0 bridgehead atoms. The Hall–Kier alpha value is -1.63. The number of carbonyl (C=O) groups is 2. The lowest BCUT2D eigenvalue weighted by Crippen LogP contribution is -2.64. The first kappa shape index (κ1) is 34.9. The van der Waals surface area contributed by atoms with E-state index in [4.69, 9.17) is 14.2 Å². The number of likely N-dealkylation sites (tertiary alicyclic amines) is 1. The summed E-state index contributed by atoms with van der Waals surface area (Å²) < 4.78 is 18.1. The number of allylic oxidation sites excluding steroid dienone is 1. The molecule has 42 heavy (non-hydrogen) atoms. The molecule has 0 aromatic carbocycles. The molecule has 3 aliphatic heterocycles. The third kappa shape index (κ3) is 8.95. The fourth-order valence-corrected chi connectivity index (χ4v) is 7.22. The van der Waals surface area contributed by atoms with Crippen LogP contribution < -0.4 is 5.32 Å². The van der Waals surface area contributed by atoms with Crippen LogP contribution in [-0.4, -0.2) is 105 Å². The molecule has 10 atom stereocenters. The average molecular weight is 613 g/mol. The Morgan fingerprint density at radius 1 is 1.14 bits per heavy atom. The quantitative estimate of drug-likeness (QED) is 0.259. The molecule has 3 rings (SSSR count). The SMILES string of the molecule is C=CCC[C@@H](NC(=O)[C@@H]1[C@@H]2OCC[C@@H](CC(C)C)C[C@H]2CN1C(=O)OC(C)(C)C)[C@H]1O[C@H](SCC=C)[C@H](O)[C@@H](O)[C@H]1O. The van der Waals surface area contributed by atoms with Crippen molar-refractivity contribution in [3.05, 3.63) is 25.3 Å². The monoisotopic (exact) mass is 612 g/mol. The van der Waals surface area contributed by atoms with Crippen LogP contribution in [0, 0.1) is 17.8 Å². The molecule has 4 N–H and O–H groups in total. The highest BCUT2D eigenvalue weighted by Crippen LogP contribution is 2.38. The summed E-state index contributed by atoms with van der Waals surface area (Å²) in [5.41, 5.74) is -1.57. The Kier molecular flexibility index (Phi) is 12.8. The van der Waals surface area contributed by atoms with Gasteiger partial charge in [0, 0.05) is 24.8 Å². The van der Waals surface area contributed by atoms with Crippen LogP contribution in [0.2, 0.25) is 0 Å². The number of fused-ring (bicyclic) bond motifs is 1. The predicted molar refractivity (Wildman–Crippen MR) is 163 cm³/mol. The summed E-state index contributed by atoms with van der Waals surface area (Å²) in [6.07, 6.45) is 0.718. The van der Waals surface area contributed by atoms with Crippen LogP contribution in [0.15, 0.2) is 25.3 Å². The number of thioether (sulfide) groups is 1. The first-order chi connectivity index (χ1) is 19.8. The molecular formula is C31H52N2O8S. The van der Waals surface area contributed by atoms with Gasteiger partial charge in [-0.2, -0.15) is 0 Å². The zero-order valence-electron chi connectivity index (χ0n) is 25.8. The topological polar surface area (TPSA) is 138 Å². The van der Waals surface area contributed by atoms with Crippen LogP contribution in [0.5, 0.6) is 0 Å². The number of aliphatic hydroxyl groups is 3. The summed E-state index contributed by atoms with van der Waals surface area (Å²) in [6, 6.07) is -1.67. The standard InChI is InChI=1S/C31H52N2O8S/c1-8-10-11-21(27-24(35)23(34)25(36)29(40-27)42-14-9-2)32-28(37)22-26-20(16-19(12-13-39-26)15-18(3)4)17-33(22)30(38)41-31(5,6)7/h8-9,18-27,29,34-36H,1-2,10-17H2,3-7H3,(H,32,37)/t19-,20-,21+,22-,23-,24+,25+,26+,27+,29+/m0/s1. The fourth-order valence-electron chi connectivity index (χ4n) is 6.33. The molecule has 10 nitrogen and oxygen atoms in total. The molecule has 0 aliphatic carbocycles. The molecule has 3 heterocycles. The molecule has 0 saturated carbocycles. The maximum absolute atomic E-state index is 14.1. The molecule has 0 aromatic heterocycles. The summed E-state index contributed by atoms with van der Waals surface area (Å²) in [7, 11) is 0. The third-order valence-corrected chi connectivity index (χ3v) is 9.25. The lowest BCUT2D eigenvalue weighted by molar-refractivity contribution is -0.205. The molecule has 0 radical (unpaired) electrons. The second kappa shape index (κ2) is 15.4. The van der Waals surface area contributed by atoms with Crippen LogP contribution in [0.1, 0.15) is 66.7 Å². The van der Waals surface area contributed by atoms with Crippen LogP contribution in [-0.2, 0) is 19.0 Å². The number of nitrogens with zero attached hydrogens (tertiary/aromatic N) is 1. The van der Waals surface area contributed by atoms with Gasteiger partial charge >= 0.3 is 6.09 Å². The Bertz CT molecular complexity index is 927. The van der Waals surface area contributed by atoms with E-state index in [-0.39, 0.29) is 5.92 Å². The molecule has 0 spiro atoms. The number of carbonyl (C=O) groups excluding carboxylic acids is 2. The van der Waals surface area contributed by atoms with Gasteiger partial charge in [0.25, 0.3) is 0 Å². The molecule has 0 unspecified atom stereocenters. The van der Waals surface area contributed by atoms with E-state index >= 15 is 0 Å². The van der Waals surface area contributed by atoms with Crippen molar-refractivity contribution >= 4 is 23.8 Å². The summed E-state index contributed by atoms with van der Waals surface area (Å²) in [4.78, 5) is 29.0. The minimum atomic E-state index is -1.47. The smallest absolute Gasteiger partial charge is 0.411 e. The van der Waals surface area contributed by atoms with Gasteiger partial charge in [-0.3, -0.25) is 9.69 Å². The molecule has 0 aromatic rings. The van der Waals surface area contributed by atoms with Crippen molar-refractivity contribution in [2.75, 3.05) is 18.9 Å². The van der Waals surface area contributed by atoms with Gasteiger partial charge in [0.15, 0.2) is 0 Å². The molecule has 240 valence electrons. The molecule has 11 heteroatoms. The van der Waals surface area contributed by atoms with Crippen LogP contribution in [0.4, 0.5) is 4.79 Å². The van der Waals surface area contributed by atoms with E-state index < -0.39 is 65.6 Å².